The van der Waals surface area contributed by atoms with Gasteiger partial charge in [0.25, 0.3) is 11.8 Å². The number of aliphatic carboxylic acids is 1. The fourth-order valence-electron chi connectivity index (χ4n) is 3.17. The molecular formula is C20H23N5O6S. The van der Waals surface area contributed by atoms with Crippen LogP contribution >= 0.6 is 11.8 Å². The van der Waals surface area contributed by atoms with Crippen LogP contribution in [-0.2, 0) is 24.0 Å². The van der Waals surface area contributed by atoms with Gasteiger partial charge >= 0.3 is 5.97 Å². The topological polar surface area (TPSA) is 150 Å². The first-order chi connectivity index (χ1) is 15.4. The minimum atomic E-state index is -1.20. The number of unbranched alkanes of at least 4 members (excludes halogenated alkanes) is 1. The smallest absolute Gasteiger partial charge is 0.352 e. The average Bonchev–Trinajstić information content (AvgIpc) is 2.77. The predicted octanol–water partition coefficient (Wildman–Crippen LogP) is 0.928. The maximum atomic E-state index is 13.0. The number of amides is 3. The molecule has 1 fully saturated rings. The number of fused-ring (bicyclic) bond motifs is 1. The third-order valence-electron chi connectivity index (χ3n) is 4.71. The van der Waals surface area contributed by atoms with E-state index in [0.717, 1.165) is 12.8 Å². The summed E-state index contributed by atoms with van der Waals surface area (Å²) in [6.07, 6.45) is 3.56. The van der Waals surface area contributed by atoms with Gasteiger partial charge in [-0.1, -0.05) is 24.6 Å². The summed E-state index contributed by atoms with van der Waals surface area (Å²) in [6, 6.07) is 3.73. The van der Waals surface area contributed by atoms with Crippen LogP contribution in [-0.4, -0.2) is 68.2 Å². The SMILES string of the molecule is CCCCON=C(C(=O)NC1C(=O)N2C(C(=O)O)=CC(C)S[C@@H]12)c1cccc(NC=O)n1. The van der Waals surface area contributed by atoms with Gasteiger partial charge in [-0.2, -0.15) is 0 Å². The maximum Gasteiger partial charge on any atom is 0.352 e. The van der Waals surface area contributed by atoms with E-state index >= 15 is 0 Å². The van der Waals surface area contributed by atoms with Crippen molar-refractivity contribution < 1.29 is 29.1 Å². The van der Waals surface area contributed by atoms with Crippen molar-refractivity contribution in [2.75, 3.05) is 11.9 Å². The lowest BCUT2D eigenvalue weighted by Crippen LogP contribution is -2.71. The number of hydrogen-bond donors (Lipinski definition) is 3. The summed E-state index contributed by atoms with van der Waals surface area (Å²) in [7, 11) is 0. The van der Waals surface area contributed by atoms with Crippen molar-refractivity contribution in [3.8, 4) is 0 Å². The Morgan fingerprint density at radius 3 is 2.88 bits per heavy atom. The Morgan fingerprint density at radius 2 is 2.19 bits per heavy atom. The van der Waals surface area contributed by atoms with E-state index in [9.17, 15) is 24.3 Å². The number of carboxylic acid groups (broad SMARTS) is 1. The Kier molecular flexibility index (Phi) is 7.46. The molecule has 0 spiro atoms. The standard InChI is InChI=1S/C20H23N5O6S/c1-3-4-8-31-24-15(12-6-5-7-14(22-12)21-10-26)17(27)23-16-18(28)25-13(20(29)30)9-11(2)32-19(16)25/h5-7,9-11,16,19H,3-4,8H2,1-2H3,(H,23,27)(H,29,30)(H,21,22,26)/t11?,16?,19-/m0/s1. The Bertz CT molecular complexity index is 981. The van der Waals surface area contributed by atoms with Crippen LogP contribution < -0.4 is 10.6 Å². The largest absolute Gasteiger partial charge is 0.477 e. The summed E-state index contributed by atoms with van der Waals surface area (Å²) < 4.78 is 0. The lowest BCUT2D eigenvalue weighted by atomic mass is 10.0. The molecule has 0 aliphatic carbocycles. The summed E-state index contributed by atoms with van der Waals surface area (Å²) in [4.78, 5) is 58.4. The van der Waals surface area contributed by atoms with E-state index in [2.05, 4.69) is 20.8 Å². The number of anilines is 1. The number of carbonyl (C=O) groups excluding carboxylic acids is 3. The molecule has 32 heavy (non-hydrogen) atoms. The van der Waals surface area contributed by atoms with Crippen LogP contribution in [0, 0.1) is 0 Å². The van der Waals surface area contributed by atoms with Gasteiger partial charge in [-0.15, -0.1) is 11.8 Å². The first kappa shape index (κ1) is 23.3. The lowest BCUT2D eigenvalue weighted by Gasteiger charge is -2.49. The maximum absolute atomic E-state index is 13.0. The molecular weight excluding hydrogens is 438 g/mol. The Morgan fingerprint density at radius 1 is 1.41 bits per heavy atom. The summed E-state index contributed by atoms with van der Waals surface area (Å²) >= 11 is 1.37. The van der Waals surface area contributed by atoms with E-state index in [1.165, 1.54) is 28.8 Å². The molecule has 3 amide bonds. The highest BCUT2D eigenvalue weighted by atomic mass is 32.2. The van der Waals surface area contributed by atoms with Crippen LogP contribution in [0.3, 0.4) is 0 Å². The molecule has 2 unspecified atom stereocenters. The first-order valence-corrected chi connectivity index (χ1v) is 10.9. The highest BCUT2D eigenvalue weighted by Gasteiger charge is 2.54. The van der Waals surface area contributed by atoms with Crippen LogP contribution in [0.15, 0.2) is 35.1 Å². The van der Waals surface area contributed by atoms with Gasteiger partial charge in [-0.05, 0) is 31.6 Å². The molecule has 12 heteroatoms. The van der Waals surface area contributed by atoms with Crippen molar-refractivity contribution in [3.63, 3.8) is 0 Å². The molecule has 2 aliphatic rings. The molecule has 11 nitrogen and oxygen atoms in total. The van der Waals surface area contributed by atoms with Crippen LogP contribution in [0.25, 0.3) is 0 Å². The normalized spacial score (nSPS) is 22.2. The van der Waals surface area contributed by atoms with Crippen LogP contribution in [0.4, 0.5) is 5.82 Å². The Balaban J connectivity index is 1.81. The molecule has 1 saturated heterocycles. The van der Waals surface area contributed by atoms with Gasteiger partial charge in [-0.25, -0.2) is 9.78 Å². The van der Waals surface area contributed by atoms with Crippen molar-refractivity contribution in [2.24, 2.45) is 5.16 Å². The molecule has 3 atom stereocenters. The van der Waals surface area contributed by atoms with E-state index in [1.54, 1.807) is 12.1 Å². The fourth-order valence-corrected chi connectivity index (χ4v) is 4.50. The van der Waals surface area contributed by atoms with Crippen LogP contribution in [0.5, 0.6) is 0 Å². The first-order valence-electron chi connectivity index (χ1n) is 9.99. The van der Waals surface area contributed by atoms with Gasteiger partial charge in [0.05, 0.1) is 0 Å². The zero-order chi connectivity index (χ0) is 23.3. The van der Waals surface area contributed by atoms with Crippen molar-refractivity contribution in [1.29, 1.82) is 0 Å². The lowest BCUT2D eigenvalue weighted by molar-refractivity contribution is -0.150. The van der Waals surface area contributed by atoms with Crippen molar-refractivity contribution in [1.82, 2.24) is 15.2 Å². The number of carboxylic acids is 1. The molecule has 170 valence electrons. The third-order valence-corrected chi connectivity index (χ3v) is 6.04. The number of carbonyl (C=O) groups is 4. The number of oxime groups is 1. The number of thioether (sulfide) groups is 1. The number of rotatable bonds is 10. The van der Waals surface area contributed by atoms with Crippen molar-refractivity contribution in [3.05, 3.63) is 35.7 Å². The van der Waals surface area contributed by atoms with Gasteiger partial charge < -0.3 is 20.6 Å². The molecule has 3 heterocycles. The molecule has 0 aromatic carbocycles. The van der Waals surface area contributed by atoms with E-state index in [-0.39, 0.29) is 28.2 Å². The van der Waals surface area contributed by atoms with E-state index in [0.29, 0.717) is 13.0 Å². The second kappa shape index (κ2) is 10.3. The highest BCUT2D eigenvalue weighted by molar-refractivity contribution is 8.00. The molecule has 1 aromatic heterocycles. The number of aromatic nitrogens is 1. The molecule has 3 N–H and O–H groups in total. The fraction of sp³-hybridized carbons (Fsp3) is 0.400. The molecule has 0 radical (unpaired) electrons. The molecule has 2 aliphatic heterocycles. The quantitative estimate of drug-likeness (QED) is 0.153. The Hall–Kier alpha value is -3.41. The second-order valence-electron chi connectivity index (χ2n) is 7.05. The molecule has 3 rings (SSSR count). The van der Waals surface area contributed by atoms with E-state index < -0.39 is 29.2 Å². The minimum absolute atomic E-state index is 0.0946. The zero-order valence-corrected chi connectivity index (χ0v) is 18.3. The second-order valence-corrected chi connectivity index (χ2v) is 8.54. The summed E-state index contributed by atoms with van der Waals surface area (Å²) in [6.45, 7) is 4.09. The van der Waals surface area contributed by atoms with Gasteiger partial charge in [0.2, 0.25) is 6.41 Å². The van der Waals surface area contributed by atoms with Crippen molar-refractivity contribution >= 4 is 47.5 Å². The minimum Gasteiger partial charge on any atom is -0.477 e. The van der Waals surface area contributed by atoms with Crippen LogP contribution in [0.1, 0.15) is 32.4 Å². The average molecular weight is 462 g/mol. The summed E-state index contributed by atoms with van der Waals surface area (Å²) in [5.41, 5.74) is -0.113. The Labute approximate surface area is 188 Å². The highest BCUT2D eigenvalue weighted by Crippen LogP contribution is 2.40. The number of β-lactam (4-membered cyclic amide) rings is 1. The number of hydrogen-bond acceptors (Lipinski definition) is 8. The van der Waals surface area contributed by atoms with Gasteiger partial charge in [0, 0.05) is 5.25 Å². The summed E-state index contributed by atoms with van der Waals surface area (Å²) in [5.74, 6) is -2.21. The molecule has 0 saturated carbocycles. The predicted molar refractivity (Wildman–Crippen MR) is 117 cm³/mol. The summed E-state index contributed by atoms with van der Waals surface area (Å²) in [5, 5.41) is 17.6. The molecule has 1 aromatic rings. The van der Waals surface area contributed by atoms with Gasteiger partial charge in [0.15, 0.2) is 5.71 Å². The van der Waals surface area contributed by atoms with E-state index in [1.807, 2.05) is 13.8 Å². The van der Waals surface area contributed by atoms with Gasteiger partial charge in [0.1, 0.15) is 35.2 Å². The number of nitrogens with zero attached hydrogens (tertiary/aromatic N) is 3. The van der Waals surface area contributed by atoms with Crippen LogP contribution in [0.2, 0.25) is 0 Å². The third kappa shape index (κ3) is 4.90. The monoisotopic (exact) mass is 461 g/mol. The van der Waals surface area contributed by atoms with E-state index in [4.69, 9.17) is 4.84 Å². The zero-order valence-electron chi connectivity index (χ0n) is 17.5. The number of pyridine rings is 1. The van der Waals surface area contributed by atoms with Crippen molar-refractivity contribution in [2.45, 2.75) is 43.4 Å². The molecule has 0 bridgehead atoms. The number of nitrogens with one attached hydrogen (secondary N) is 2. The van der Waals surface area contributed by atoms with Gasteiger partial charge in [-0.3, -0.25) is 19.3 Å².